The van der Waals surface area contributed by atoms with E-state index in [1.54, 1.807) is 0 Å². The molecule has 15 heavy (non-hydrogen) atoms. The highest BCUT2D eigenvalue weighted by molar-refractivity contribution is 5.32. The zero-order chi connectivity index (χ0) is 10.1. The fourth-order valence-electron chi connectivity index (χ4n) is 2.59. The maximum absolute atomic E-state index is 2.33. The number of hydrogen-bond acceptors (Lipinski definition) is 0. The van der Waals surface area contributed by atoms with E-state index in [-0.39, 0.29) is 0 Å². The zero-order valence-corrected chi connectivity index (χ0v) is 8.76. The van der Waals surface area contributed by atoms with Crippen molar-refractivity contribution in [3.8, 4) is 0 Å². The monoisotopic (exact) mass is 197 g/mol. The molecule has 0 N–H and O–H groups in total. The Morgan fingerprint density at radius 3 is 2.67 bits per heavy atom. The van der Waals surface area contributed by atoms with Crippen LogP contribution in [0, 0.1) is 0 Å². The normalized spacial score (nSPS) is 19.9. The summed E-state index contributed by atoms with van der Waals surface area (Å²) in [5, 5.41) is 0. The van der Waals surface area contributed by atoms with Crippen LogP contribution in [0.3, 0.4) is 0 Å². The van der Waals surface area contributed by atoms with E-state index in [0.717, 1.165) is 0 Å². The van der Waals surface area contributed by atoms with Gasteiger partial charge in [-0.15, -0.1) is 0 Å². The Balaban J connectivity index is 2.06. The van der Waals surface area contributed by atoms with Crippen LogP contribution in [-0.4, -0.2) is 4.57 Å². The summed E-state index contributed by atoms with van der Waals surface area (Å²) in [7, 11) is 0. The molecule has 0 bridgehead atoms. The van der Waals surface area contributed by atoms with E-state index in [4.69, 9.17) is 0 Å². The number of nitrogens with zero attached hydrogens (tertiary/aromatic N) is 1. The van der Waals surface area contributed by atoms with Crippen LogP contribution in [-0.2, 0) is 6.42 Å². The van der Waals surface area contributed by atoms with Crippen LogP contribution >= 0.6 is 0 Å². The van der Waals surface area contributed by atoms with E-state index in [9.17, 15) is 0 Å². The summed E-state index contributed by atoms with van der Waals surface area (Å²) in [4.78, 5) is 0. The number of rotatable bonds is 1. The first-order valence-corrected chi connectivity index (χ1v) is 5.65. The van der Waals surface area contributed by atoms with Crippen molar-refractivity contribution >= 4 is 0 Å². The largest absolute Gasteiger partial charge is 0.347 e. The van der Waals surface area contributed by atoms with Gasteiger partial charge in [-0.05, 0) is 42.5 Å². The maximum Gasteiger partial charge on any atom is 0.0582 e. The number of aromatic nitrogens is 1. The summed E-state index contributed by atoms with van der Waals surface area (Å²) in [6.45, 7) is 0. The second-order valence-corrected chi connectivity index (χ2v) is 4.24. The van der Waals surface area contributed by atoms with Crippen molar-refractivity contribution in [2.45, 2.75) is 25.3 Å². The predicted octanol–water partition coefficient (Wildman–Crippen LogP) is 3.41. The zero-order valence-electron chi connectivity index (χ0n) is 8.76. The van der Waals surface area contributed by atoms with Gasteiger partial charge in [0.25, 0.3) is 0 Å². The molecule has 1 heteroatoms. The highest BCUT2D eigenvalue weighted by Crippen LogP contribution is 2.32. The first-order chi connectivity index (χ1) is 7.45. The van der Waals surface area contributed by atoms with Crippen molar-refractivity contribution < 1.29 is 0 Å². The Morgan fingerprint density at radius 2 is 1.80 bits per heavy atom. The molecule has 0 fully saturated rings. The molecule has 2 aromatic rings. The smallest absolute Gasteiger partial charge is 0.0582 e. The number of aryl methyl sites for hydroxylation is 1. The van der Waals surface area contributed by atoms with Gasteiger partial charge in [-0.1, -0.05) is 24.3 Å². The topological polar surface area (TPSA) is 4.93 Å². The summed E-state index contributed by atoms with van der Waals surface area (Å²) in [6.07, 6.45) is 8.17. The molecule has 1 atom stereocenters. The van der Waals surface area contributed by atoms with Crippen molar-refractivity contribution in [3.63, 3.8) is 0 Å². The fourth-order valence-corrected chi connectivity index (χ4v) is 2.59. The van der Waals surface area contributed by atoms with Crippen LogP contribution < -0.4 is 0 Å². The summed E-state index contributed by atoms with van der Waals surface area (Å²) in [5.41, 5.74) is 3.04. The SMILES string of the molecule is c1ccc2c(c1)CCCC2n1cccc1. The standard InChI is InChI=1S/C14H15N/c1-2-8-13-12(6-1)7-5-9-14(13)15-10-3-4-11-15/h1-4,6,8,10-11,14H,5,7,9H2. The van der Waals surface area contributed by atoms with Crippen LogP contribution in [0.5, 0.6) is 0 Å². The third-order valence-corrected chi connectivity index (χ3v) is 3.33. The quantitative estimate of drug-likeness (QED) is 0.660. The summed E-state index contributed by atoms with van der Waals surface area (Å²) >= 11 is 0. The number of hydrogen-bond donors (Lipinski definition) is 0. The van der Waals surface area contributed by atoms with Gasteiger partial charge in [0.2, 0.25) is 0 Å². The summed E-state index contributed by atoms with van der Waals surface area (Å²) in [5.74, 6) is 0. The van der Waals surface area contributed by atoms with E-state index >= 15 is 0 Å². The van der Waals surface area contributed by atoms with E-state index in [0.29, 0.717) is 6.04 Å². The molecule has 0 saturated carbocycles. The molecule has 0 amide bonds. The van der Waals surface area contributed by atoms with Crippen molar-refractivity contribution in [1.29, 1.82) is 0 Å². The lowest BCUT2D eigenvalue weighted by atomic mass is 9.88. The highest BCUT2D eigenvalue weighted by atomic mass is 15.0. The second kappa shape index (κ2) is 3.58. The van der Waals surface area contributed by atoms with Crippen molar-refractivity contribution in [2.24, 2.45) is 0 Å². The first kappa shape index (κ1) is 8.78. The lowest BCUT2D eigenvalue weighted by molar-refractivity contribution is 0.491. The summed E-state index contributed by atoms with van der Waals surface area (Å²) in [6, 6.07) is 13.6. The molecule has 1 unspecified atom stereocenters. The molecule has 1 aromatic carbocycles. The Kier molecular flexibility index (Phi) is 2.09. The van der Waals surface area contributed by atoms with Crippen molar-refractivity contribution in [2.75, 3.05) is 0 Å². The molecule has 0 aliphatic heterocycles. The van der Waals surface area contributed by atoms with Gasteiger partial charge >= 0.3 is 0 Å². The van der Waals surface area contributed by atoms with Crippen molar-refractivity contribution in [3.05, 3.63) is 59.9 Å². The van der Waals surface area contributed by atoms with Crippen LogP contribution in [0.4, 0.5) is 0 Å². The Hall–Kier alpha value is -1.50. The molecule has 1 heterocycles. The molecule has 1 aliphatic rings. The van der Waals surface area contributed by atoms with Gasteiger partial charge in [0.15, 0.2) is 0 Å². The predicted molar refractivity (Wildman–Crippen MR) is 62.0 cm³/mol. The minimum atomic E-state index is 0.560. The molecule has 1 aromatic heterocycles. The average Bonchev–Trinajstić information content (AvgIpc) is 2.82. The molecular formula is C14H15N. The van der Waals surface area contributed by atoms with Crippen LogP contribution in [0.25, 0.3) is 0 Å². The Morgan fingerprint density at radius 1 is 1.00 bits per heavy atom. The third-order valence-electron chi connectivity index (χ3n) is 3.33. The molecule has 0 spiro atoms. The van der Waals surface area contributed by atoms with Crippen molar-refractivity contribution in [1.82, 2.24) is 4.57 Å². The minimum absolute atomic E-state index is 0.560. The minimum Gasteiger partial charge on any atom is -0.347 e. The molecule has 0 saturated heterocycles. The third kappa shape index (κ3) is 1.48. The number of benzene rings is 1. The lowest BCUT2D eigenvalue weighted by Gasteiger charge is -2.26. The molecule has 1 aliphatic carbocycles. The van der Waals surface area contributed by atoms with Crippen LogP contribution in [0.1, 0.15) is 30.0 Å². The van der Waals surface area contributed by atoms with E-state index < -0.39 is 0 Å². The summed E-state index contributed by atoms with van der Waals surface area (Å²) < 4.78 is 2.33. The molecule has 76 valence electrons. The van der Waals surface area contributed by atoms with Gasteiger partial charge in [0.1, 0.15) is 0 Å². The van der Waals surface area contributed by atoms with Crippen LogP contribution in [0.2, 0.25) is 0 Å². The van der Waals surface area contributed by atoms with Crippen LogP contribution in [0.15, 0.2) is 48.8 Å². The molecule has 3 rings (SSSR count). The van der Waals surface area contributed by atoms with E-state index in [1.165, 1.54) is 30.4 Å². The van der Waals surface area contributed by atoms with Gasteiger partial charge in [-0.25, -0.2) is 0 Å². The van der Waals surface area contributed by atoms with Gasteiger partial charge in [-0.2, -0.15) is 0 Å². The van der Waals surface area contributed by atoms with Gasteiger partial charge in [0.05, 0.1) is 6.04 Å². The lowest BCUT2D eigenvalue weighted by Crippen LogP contribution is -2.15. The molecule has 1 nitrogen and oxygen atoms in total. The fraction of sp³-hybridized carbons (Fsp3) is 0.286. The maximum atomic E-state index is 2.33. The van der Waals surface area contributed by atoms with E-state index in [2.05, 4.69) is 53.4 Å². The first-order valence-electron chi connectivity index (χ1n) is 5.65. The van der Waals surface area contributed by atoms with E-state index in [1.807, 2.05) is 0 Å². The number of fused-ring (bicyclic) bond motifs is 1. The highest BCUT2D eigenvalue weighted by Gasteiger charge is 2.19. The second-order valence-electron chi connectivity index (χ2n) is 4.24. The van der Waals surface area contributed by atoms with Gasteiger partial charge in [-0.3, -0.25) is 0 Å². The average molecular weight is 197 g/mol. The van der Waals surface area contributed by atoms with Gasteiger partial charge < -0.3 is 4.57 Å². The van der Waals surface area contributed by atoms with Gasteiger partial charge in [0, 0.05) is 12.4 Å². The Labute approximate surface area is 90.4 Å². The Bertz CT molecular complexity index is 442. The molecule has 0 radical (unpaired) electrons. The molecular weight excluding hydrogens is 182 g/mol.